The molecule has 0 bridgehead atoms. The van der Waals surface area contributed by atoms with Crippen LogP contribution in [0.15, 0.2) is 48.5 Å². The molecule has 1 N–H and O–H groups in total. The number of nitrogens with one attached hydrogen (secondary N) is 1. The summed E-state index contributed by atoms with van der Waals surface area (Å²) in [7, 11) is 4.85. The number of rotatable bonds is 7. The Labute approximate surface area is 159 Å². The standard InChI is InChI=1S/C21H24N2O4/c1-23(16-7-5-4-6-8-16)20(25)21(11-12-21)19(24)22-14-15-9-10-17(26-2)18(13-15)27-3/h4-10,13H,11-12,14H2,1-3H3,(H,22,24). The molecule has 0 spiro atoms. The number of methoxy groups -OCH3 is 2. The predicted molar refractivity (Wildman–Crippen MR) is 103 cm³/mol. The Kier molecular flexibility index (Phi) is 5.35. The number of para-hydroxylation sites is 1. The Morgan fingerprint density at radius 3 is 2.30 bits per heavy atom. The van der Waals surface area contributed by atoms with E-state index in [-0.39, 0.29) is 11.8 Å². The maximum atomic E-state index is 12.9. The van der Waals surface area contributed by atoms with Crippen molar-refractivity contribution in [3.05, 3.63) is 54.1 Å². The molecule has 0 unspecified atom stereocenters. The number of amides is 2. The fraction of sp³-hybridized carbons (Fsp3) is 0.333. The molecule has 6 heteroatoms. The van der Waals surface area contributed by atoms with Gasteiger partial charge in [0.15, 0.2) is 11.5 Å². The Morgan fingerprint density at radius 1 is 1.04 bits per heavy atom. The first-order valence-electron chi connectivity index (χ1n) is 8.84. The fourth-order valence-corrected chi connectivity index (χ4v) is 3.10. The minimum absolute atomic E-state index is 0.168. The van der Waals surface area contributed by atoms with Crippen LogP contribution in [0.4, 0.5) is 5.69 Å². The Morgan fingerprint density at radius 2 is 1.70 bits per heavy atom. The number of nitrogens with zero attached hydrogens (tertiary/aromatic N) is 1. The molecule has 0 heterocycles. The van der Waals surface area contributed by atoms with Crippen LogP contribution in [0.1, 0.15) is 18.4 Å². The number of hydrogen-bond acceptors (Lipinski definition) is 4. The molecule has 142 valence electrons. The highest BCUT2D eigenvalue weighted by atomic mass is 16.5. The SMILES string of the molecule is COc1ccc(CNC(=O)C2(C(=O)N(C)c3ccccc3)CC2)cc1OC. The summed E-state index contributed by atoms with van der Waals surface area (Å²) in [5.74, 6) is 0.833. The lowest BCUT2D eigenvalue weighted by atomic mass is 10.0. The summed E-state index contributed by atoms with van der Waals surface area (Å²) in [6, 6.07) is 14.8. The van der Waals surface area contributed by atoms with Gasteiger partial charge in [-0.15, -0.1) is 0 Å². The summed E-state index contributed by atoms with van der Waals surface area (Å²) in [6.07, 6.45) is 1.14. The molecule has 3 rings (SSSR count). The van der Waals surface area contributed by atoms with Gasteiger partial charge in [-0.25, -0.2) is 0 Å². The zero-order chi connectivity index (χ0) is 19.4. The number of carbonyl (C=O) groups is 2. The van der Waals surface area contributed by atoms with E-state index in [2.05, 4.69) is 5.32 Å². The number of anilines is 1. The van der Waals surface area contributed by atoms with Gasteiger partial charge in [0, 0.05) is 19.3 Å². The van der Waals surface area contributed by atoms with E-state index in [0.717, 1.165) is 11.3 Å². The van der Waals surface area contributed by atoms with Crippen molar-refractivity contribution >= 4 is 17.5 Å². The average molecular weight is 368 g/mol. The second-order valence-electron chi connectivity index (χ2n) is 6.65. The van der Waals surface area contributed by atoms with Crippen LogP contribution in [-0.4, -0.2) is 33.1 Å². The summed E-state index contributed by atoms with van der Waals surface area (Å²) >= 11 is 0. The van der Waals surface area contributed by atoms with Crippen molar-refractivity contribution in [2.45, 2.75) is 19.4 Å². The van der Waals surface area contributed by atoms with Gasteiger partial charge < -0.3 is 19.7 Å². The molecule has 2 aromatic rings. The Hall–Kier alpha value is -3.02. The molecule has 2 amide bonds. The van der Waals surface area contributed by atoms with Crippen LogP contribution in [0.3, 0.4) is 0 Å². The van der Waals surface area contributed by atoms with Crippen molar-refractivity contribution in [2.75, 3.05) is 26.2 Å². The van der Waals surface area contributed by atoms with Crippen LogP contribution in [0.25, 0.3) is 0 Å². The normalized spacial score (nSPS) is 14.2. The van der Waals surface area contributed by atoms with Gasteiger partial charge in [-0.05, 0) is 42.7 Å². The third-order valence-corrected chi connectivity index (χ3v) is 4.94. The molecule has 0 aliphatic heterocycles. The molecular weight excluding hydrogens is 344 g/mol. The lowest BCUT2D eigenvalue weighted by Gasteiger charge is -2.23. The van der Waals surface area contributed by atoms with E-state index in [1.165, 1.54) is 0 Å². The van der Waals surface area contributed by atoms with Gasteiger partial charge in [0.05, 0.1) is 14.2 Å². The van der Waals surface area contributed by atoms with Crippen molar-refractivity contribution in [3.63, 3.8) is 0 Å². The number of hydrogen-bond donors (Lipinski definition) is 1. The van der Waals surface area contributed by atoms with E-state index < -0.39 is 5.41 Å². The Balaban J connectivity index is 1.66. The van der Waals surface area contributed by atoms with Crippen LogP contribution < -0.4 is 19.7 Å². The minimum Gasteiger partial charge on any atom is -0.493 e. The highest BCUT2D eigenvalue weighted by Gasteiger charge is 2.57. The number of benzene rings is 2. The van der Waals surface area contributed by atoms with E-state index in [0.29, 0.717) is 30.9 Å². The first-order chi connectivity index (χ1) is 13.0. The minimum atomic E-state index is -0.957. The lowest BCUT2D eigenvalue weighted by Crippen LogP contribution is -2.43. The van der Waals surface area contributed by atoms with Gasteiger partial charge in [-0.2, -0.15) is 0 Å². The summed E-state index contributed by atoms with van der Waals surface area (Å²) < 4.78 is 10.5. The van der Waals surface area contributed by atoms with Gasteiger partial charge in [-0.3, -0.25) is 9.59 Å². The van der Waals surface area contributed by atoms with Crippen LogP contribution in [0, 0.1) is 5.41 Å². The maximum absolute atomic E-state index is 12.9. The number of ether oxygens (including phenoxy) is 2. The van der Waals surface area contributed by atoms with Crippen LogP contribution in [-0.2, 0) is 16.1 Å². The maximum Gasteiger partial charge on any atom is 0.242 e. The topological polar surface area (TPSA) is 67.9 Å². The largest absolute Gasteiger partial charge is 0.493 e. The van der Waals surface area contributed by atoms with E-state index in [1.807, 2.05) is 42.5 Å². The van der Waals surface area contributed by atoms with Crippen LogP contribution in [0.2, 0.25) is 0 Å². The fourth-order valence-electron chi connectivity index (χ4n) is 3.10. The summed E-state index contributed by atoms with van der Waals surface area (Å²) in [5.41, 5.74) is 0.698. The molecule has 6 nitrogen and oxygen atoms in total. The third-order valence-electron chi connectivity index (χ3n) is 4.94. The third kappa shape index (κ3) is 3.74. The van der Waals surface area contributed by atoms with Crippen molar-refractivity contribution in [1.29, 1.82) is 0 Å². The number of carbonyl (C=O) groups excluding carboxylic acids is 2. The zero-order valence-corrected chi connectivity index (χ0v) is 15.8. The van der Waals surface area contributed by atoms with Crippen LogP contribution >= 0.6 is 0 Å². The highest BCUT2D eigenvalue weighted by molar-refractivity contribution is 6.13. The molecule has 1 fully saturated rings. The molecule has 1 aliphatic carbocycles. The molecule has 2 aromatic carbocycles. The molecular formula is C21H24N2O4. The van der Waals surface area contributed by atoms with Gasteiger partial charge in [0.1, 0.15) is 5.41 Å². The van der Waals surface area contributed by atoms with Gasteiger partial charge in [-0.1, -0.05) is 24.3 Å². The second-order valence-corrected chi connectivity index (χ2v) is 6.65. The van der Waals surface area contributed by atoms with Gasteiger partial charge in [0.25, 0.3) is 0 Å². The van der Waals surface area contributed by atoms with E-state index in [1.54, 1.807) is 32.2 Å². The quantitative estimate of drug-likeness (QED) is 0.763. The Bertz CT molecular complexity index is 831. The van der Waals surface area contributed by atoms with Crippen molar-refractivity contribution < 1.29 is 19.1 Å². The molecule has 0 radical (unpaired) electrons. The van der Waals surface area contributed by atoms with Gasteiger partial charge in [0.2, 0.25) is 11.8 Å². The first-order valence-corrected chi connectivity index (χ1v) is 8.84. The monoisotopic (exact) mass is 368 g/mol. The van der Waals surface area contributed by atoms with E-state index >= 15 is 0 Å². The van der Waals surface area contributed by atoms with E-state index in [9.17, 15) is 9.59 Å². The average Bonchev–Trinajstić information content (AvgIpc) is 3.53. The molecule has 0 saturated heterocycles. The van der Waals surface area contributed by atoms with Crippen molar-refractivity contribution in [2.24, 2.45) is 5.41 Å². The predicted octanol–water partition coefficient (Wildman–Crippen LogP) is 2.76. The van der Waals surface area contributed by atoms with Gasteiger partial charge >= 0.3 is 0 Å². The second kappa shape index (κ2) is 7.70. The smallest absolute Gasteiger partial charge is 0.242 e. The van der Waals surface area contributed by atoms with Crippen molar-refractivity contribution in [1.82, 2.24) is 5.32 Å². The molecule has 1 saturated carbocycles. The van der Waals surface area contributed by atoms with Crippen molar-refractivity contribution in [3.8, 4) is 11.5 Å². The summed E-state index contributed by atoms with van der Waals surface area (Å²) in [6.45, 7) is 0.323. The molecule has 0 aromatic heterocycles. The zero-order valence-electron chi connectivity index (χ0n) is 15.8. The summed E-state index contributed by atoms with van der Waals surface area (Å²) in [4.78, 5) is 27.2. The highest BCUT2D eigenvalue weighted by Crippen LogP contribution is 2.48. The summed E-state index contributed by atoms with van der Waals surface area (Å²) in [5, 5.41) is 2.89. The lowest BCUT2D eigenvalue weighted by molar-refractivity contribution is -0.135. The molecule has 27 heavy (non-hydrogen) atoms. The first kappa shape index (κ1) is 18.8. The molecule has 1 aliphatic rings. The molecule has 0 atom stereocenters. The van der Waals surface area contributed by atoms with E-state index in [4.69, 9.17) is 9.47 Å². The van der Waals surface area contributed by atoms with Crippen LogP contribution in [0.5, 0.6) is 11.5 Å².